The molecule has 5 nitrogen and oxygen atoms in total. The van der Waals surface area contributed by atoms with Crippen LogP contribution in [0, 0.1) is 0 Å². The quantitative estimate of drug-likeness (QED) is 0.428. The van der Waals surface area contributed by atoms with Crippen LogP contribution in [0.3, 0.4) is 0 Å². The number of nitrogens with zero attached hydrogens (tertiary/aromatic N) is 1. The molecule has 0 spiro atoms. The van der Waals surface area contributed by atoms with Crippen molar-refractivity contribution in [3.05, 3.63) is 34.9 Å². The van der Waals surface area contributed by atoms with E-state index < -0.39 is 0 Å². The number of hydrogen-bond acceptors (Lipinski definition) is 3. The third kappa shape index (κ3) is 7.51. The van der Waals surface area contributed by atoms with Gasteiger partial charge in [0.15, 0.2) is 5.96 Å². The summed E-state index contributed by atoms with van der Waals surface area (Å²) in [6.45, 7) is 6.80. The Morgan fingerprint density at radius 1 is 1.25 bits per heavy atom. The van der Waals surface area contributed by atoms with Crippen LogP contribution in [0.25, 0.3) is 0 Å². The maximum atomic E-state index is 5.90. The minimum atomic E-state index is 0.366. The third-order valence-electron chi connectivity index (χ3n) is 3.81. The average molecular weight is 354 g/mol. The van der Waals surface area contributed by atoms with E-state index in [1.165, 1.54) is 0 Å². The van der Waals surface area contributed by atoms with Crippen LogP contribution in [0.5, 0.6) is 0 Å². The summed E-state index contributed by atoms with van der Waals surface area (Å²) < 4.78 is 11.2. The Morgan fingerprint density at radius 3 is 2.71 bits per heavy atom. The zero-order valence-corrected chi connectivity index (χ0v) is 15.1. The van der Waals surface area contributed by atoms with Crippen molar-refractivity contribution in [1.82, 2.24) is 10.6 Å². The maximum absolute atomic E-state index is 5.90. The maximum Gasteiger partial charge on any atom is 0.191 e. The van der Waals surface area contributed by atoms with Gasteiger partial charge in [-0.2, -0.15) is 0 Å². The van der Waals surface area contributed by atoms with E-state index >= 15 is 0 Å². The summed E-state index contributed by atoms with van der Waals surface area (Å²) in [6.07, 6.45) is 3.35. The van der Waals surface area contributed by atoms with Crippen LogP contribution in [0.2, 0.25) is 5.02 Å². The molecule has 0 bridgehead atoms. The molecule has 24 heavy (non-hydrogen) atoms. The molecule has 6 heteroatoms. The predicted molar refractivity (Wildman–Crippen MR) is 98.7 cm³/mol. The van der Waals surface area contributed by atoms with Gasteiger partial charge in [-0.3, -0.25) is 0 Å². The number of rotatable bonds is 8. The van der Waals surface area contributed by atoms with Crippen molar-refractivity contribution in [3.8, 4) is 0 Å². The van der Waals surface area contributed by atoms with Crippen LogP contribution in [0.15, 0.2) is 29.3 Å². The smallest absolute Gasteiger partial charge is 0.191 e. The van der Waals surface area contributed by atoms with Crippen molar-refractivity contribution in [2.75, 3.05) is 32.9 Å². The molecule has 1 fully saturated rings. The summed E-state index contributed by atoms with van der Waals surface area (Å²) >= 11 is 5.90. The second-order valence-corrected chi connectivity index (χ2v) is 6.22. The summed E-state index contributed by atoms with van der Waals surface area (Å²) in [5.74, 6) is 0.832. The SMILES string of the molecule is CCNC(=NCc1ccc(Cl)cc1)NCCCOC1CCOCC1. The van der Waals surface area contributed by atoms with Crippen LogP contribution < -0.4 is 10.6 Å². The lowest BCUT2D eigenvalue weighted by Crippen LogP contribution is -2.38. The highest BCUT2D eigenvalue weighted by atomic mass is 35.5. The Bertz CT molecular complexity index is 488. The third-order valence-corrected chi connectivity index (χ3v) is 4.06. The Kier molecular flexibility index (Phi) is 8.95. The average Bonchev–Trinajstić information content (AvgIpc) is 2.61. The van der Waals surface area contributed by atoms with Gasteiger partial charge in [-0.15, -0.1) is 0 Å². The number of guanidine groups is 1. The molecule has 0 radical (unpaired) electrons. The molecule has 1 saturated heterocycles. The molecule has 0 aromatic heterocycles. The fourth-order valence-electron chi connectivity index (χ4n) is 2.47. The van der Waals surface area contributed by atoms with E-state index in [0.717, 1.165) is 68.7 Å². The molecule has 2 N–H and O–H groups in total. The van der Waals surface area contributed by atoms with Crippen molar-refractivity contribution in [2.24, 2.45) is 4.99 Å². The van der Waals surface area contributed by atoms with Crippen LogP contribution >= 0.6 is 11.6 Å². The lowest BCUT2D eigenvalue weighted by Gasteiger charge is -2.22. The van der Waals surface area contributed by atoms with Crippen molar-refractivity contribution >= 4 is 17.6 Å². The van der Waals surface area contributed by atoms with Gasteiger partial charge in [0.2, 0.25) is 0 Å². The lowest BCUT2D eigenvalue weighted by atomic mass is 10.1. The Morgan fingerprint density at radius 2 is 2.00 bits per heavy atom. The first-order chi connectivity index (χ1) is 11.8. The highest BCUT2D eigenvalue weighted by molar-refractivity contribution is 6.30. The molecule has 1 aromatic rings. The molecule has 1 aromatic carbocycles. The lowest BCUT2D eigenvalue weighted by molar-refractivity contribution is -0.0320. The van der Waals surface area contributed by atoms with E-state index in [2.05, 4.69) is 22.5 Å². The molecule has 0 aliphatic carbocycles. The van der Waals surface area contributed by atoms with Gasteiger partial charge in [0.05, 0.1) is 12.6 Å². The predicted octanol–water partition coefficient (Wildman–Crippen LogP) is 2.98. The topological polar surface area (TPSA) is 54.9 Å². The zero-order chi connectivity index (χ0) is 17.0. The van der Waals surface area contributed by atoms with Crippen LogP contribution in [0.4, 0.5) is 0 Å². The van der Waals surface area contributed by atoms with Gasteiger partial charge in [0.1, 0.15) is 0 Å². The number of halogens is 1. The fourth-order valence-corrected chi connectivity index (χ4v) is 2.60. The molecule has 1 aliphatic rings. The van der Waals surface area contributed by atoms with E-state index in [1.54, 1.807) is 0 Å². The second kappa shape index (κ2) is 11.3. The molecule has 0 saturated carbocycles. The Labute approximate surface area is 149 Å². The number of aliphatic imine (C=N–C) groups is 1. The van der Waals surface area contributed by atoms with Gasteiger partial charge in [-0.25, -0.2) is 4.99 Å². The first-order valence-corrected chi connectivity index (χ1v) is 9.11. The molecule has 0 amide bonds. The zero-order valence-electron chi connectivity index (χ0n) is 14.4. The normalized spacial score (nSPS) is 16.2. The van der Waals surface area contributed by atoms with Crippen molar-refractivity contribution in [2.45, 2.75) is 38.8 Å². The van der Waals surface area contributed by atoms with E-state index in [0.29, 0.717) is 12.6 Å². The second-order valence-electron chi connectivity index (χ2n) is 5.78. The molecule has 134 valence electrons. The number of ether oxygens (including phenoxy) is 2. The molecular formula is C18H28ClN3O2. The van der Waals surface area contributed by atoms with Crippen LogP contribution in [-0.2, 0) is 16.0 Å². The Hall–Kier alpha value is -1.30. The number of nitrogens with one attached hydrogen (secondary N) is 2. The van der Waals surface area contributed by atoms with E-state index in [9.17, 15) is 0 Å². The van der Waals surface area contributed by atoms with Gasteiger partial charge in [-0.1, -0.05) is 23.7 Å². The largest absolute Gasteiger partial charge is 0.381 e. The highest BCUT2D eigenvalue weighted by Gasteiger charge is 2.13. The van der Waals surface area contributed by atoms with Gasteiger partial charge in [0.25, 0.3) is 0 Å². The standard InChI is InChI=1S/C18H28ClN3O2/c1-2-20-18(22-14-15-4-6-16(19)7-5-15)21-10-3-11-24-17-8-12-23-13-9-17/h4-7,17H,2-3,8-14H2,1H3,(H2,20,21,22). The van der Waals surface area contributed by atoms with Gasteiger partial charge >= 0.3 is 0 Å². The van der Waals surface area contributed by atoms with E-state index in [-0.39, 0.29) is 0 Å². The van der Waals surface area contributed by atoms with Gasteiger partial charge < -0.3 is 20.1 Å². The van der Waals surface area contributed by atoms with Crippen molar-refractivity contribution in [1.29, 1.82) is 0 Å². The van der Waals surface area contributed by atoms with Crippen LogP contribution in [-0.4, -0.2) is 45.0 Å². The van der Waals surface area contributed by atoms with Gasteiger partial charge in [0, 0.05) is 37.9 Å². The summed E-state index contributed by atoms with van der Waals surface area (Å²) in [6, 6.07) is 7.77. The summed E-state index contributed by atoms with van der Waals surface area (Å²) in [5.41, 5.74) is 1.14. The van der Waals surface area contributed by atoms with Crippen molar-refractivity contribution in [3.63, 3.8) is 0 Å². The fraction of sp³-hybridized carbons (Fsp3) is 0.611. The summed E-state index contributed by atoms with van der Waals surface area (Å²) in [4.78, 5) is 4.59. The molecule has 2 rings (SSSR count). The Balaban J connectivity index is 1.66. The first kappa shape index (κ1) is 19.0. The van der Waals surface area contributed by atoms with Crippen LogP contribution in [0.1, 0.15) is 31.7 Å². The number of hydrogen-bond donors (Lipinski definition) is 2. The minimum Gasteiger partial charge on any atom is -0.381 e. The van der Waals surface area contributed by atoms with E-state index in [1.807, 2.05) is 24.3 Å². The molecule has 0 unspecified atom stereocenters. The monoisotopic (exact) mass is 353 g/mol. The summed E-state index contributed by atoms with van der Waals surface area (Å²) in [7, 11) is 0. The van der Waals surface area contributed by atoms with Crippen molar-refractivity contribution < 1.29 is 9.47 Å². The molecule has 0 atom stereocenters. The highest BCUT2D eigenvalue weighted by Crippen LogP contribution is 2.11. The first-order valence-electron chi connectivity index (χ1n) is 8.74. The number of benzene rings is 1. The minimum absolute atomic E-state index is 0.366. The molecule has 1 aliphatic heterocycles. The molecule has 1 heterocycles. The van der Waals surface area contributed by atoms with E-state index in [4.69, 9.17) is 21.1 Å². The summed E-state index contributed by atoms with van der Waals surface area (Å²) in [5, 5.41) is 7.36. The molecular weight excluding hydrogens is 326 g/mol. The van der Waals surface area contributed by atoms with Gasteiger partial charge in [-0.05, 0) is 43.9 Å².